The highest BCUT2D eigenvalue weighted by atomic mass is 15.1. The number of nitrogens with zero attached hydrogens (tertiary/aromatic N) is 1. The molecule has 0 aromatic heterocycles. The quantitative estimate of drug-likeness (QED) is 0.435. The number of fused-ring (bicyclic) bond motifs is 1. The minimum Gasteiger partial charge on any atom is -0.302 e. The summed E-state index contributed by atoms with van der Waals surface area (Å²) in [6.07, 6.45) is 24.4. The van der Waals surface area contributed by atoms with Gasteiger partial charge in [0.05, 0.1) is 0 Å². The van der Waals surface area contributed by atoms with Crippen molar-refractivity contribution in [3.8, 4) is 0 Å². The molecule has 0 radical (unpaired) electrons. The van der Waals surface area contributed by atoms with Crippen molar-refractivity contribution in [2.24, 2.45) is 11.3 Å². The molecule has 0 amide bonds. The fourth-order valence-electron chi connectivity index (χ4n) is 3.94. The zero-order valence-electron chi connectivity index (χ0n) is 20.5. The molecule has 162 valence electrons. The van der Waals surface area contributed by atoms with Gasteiger partial charge in [0.15, 0.2) is 0 Å². The first-order chi connectivity index (χ1) is 13.9. The van der Waals surface area contributed by atoms with Gasteiger partial charge in [0, 0.05) is 11.5 Å². The minimum atomic E-state index is 0.325. The lowest BCUT2D eigenvalue weighted by molar-refractivity contribution is 0.255. The van der Waals surface area contributed by atoms with Crippen molar-refractivity contribution in [3.05, 3.63) is 84.1 Å². The van der Waals surface area contributed by atoms with Crippen molar-refractivity contribution >= 4 is 0 Å². The molecule has 0 spiro atoms. The number of rotatable bonds is 4. The smallest absolute Gasteiger partial charge is 0.0438 e. The zero-order valence-corrected chi connectivity index (χ0v) is 20.5. The van der Waals surface area contributed by atoms with Crippen molar-refractivity contribution < 1.29 is 0 Å². The lowest BCUT2D eigenvalue weighted by Gasteiger charge is -2.34. The monoisotopic (exact) mass is 395 g/mol. The van der Waals surface area contributed by atoms with Crippen LogP contribution in [0.3, 0.4) is 0 Å². The molecule has 3 unspecified atom stereocenters. The summed E-state index contributed by atoms with van der Waals surface area (Å²) < 4.78 is 0. The summed E-state index contributed by atoms with van der Waals surface area (Å²) in [6, 6.07) is 0.478. The highest BCUT2D eigenvalue weighted by Crippen LogP contribution is 2.61. The second-order valence-corrected chi connectivity index (χ2v) is 7.58. The molecule has 29 heavy (non-hydrogen) atoms. The molecule has 1 nitrogen and oxygen atoms in total. The molecule has 0 N–H and O–H groups in total. The second kappa shape index (κ2) is 14.2. The van der Waals surface area contributed by atoms with Crippen molar-refractivity contribution in [3.63, 3.8) is 0 Å². The van der Waals surface area contributed by atoms with E-state index >= 15 is 0 Å². The fourth-order valence-corrected chi connectivity index (χ4v) is 3.94. The van der Waals surface area contributed by atoms with Crippen LogP contribution in [0.15, 0.2) is 84.1 Å². The van der Waals surface area contributed by atoms with Crippen LogP contribution in [0.4, 0.5) is 0 Å². The molecule has 0 bridgehead atoms. The lowest BCUT2D eigenvalue weighted by Crippen LogP contribution is -2.38. The van der Waals surface area contributed by atoms with Crippen LogP contribution < -0.4 is 0 Å². The van der Waals surface area contributed by atoms with Gasteiger partial charge in [-0.1, -0.05) is 106 Å². The Balaban J connectivity index is 0.000000752. The molecule has 3 aliphatic carbocycles. The Morgan fingerprint density at radius 2 is 1.76 bits per heavy atom. The number of allylic oxidation sites excluding steroid dienone is 10. The van der Waals surface area contributed by atoms with Crippen LogP contribution in [0.5, 0.6) is 0 Å². The first-order valence-corrected chi connectivity index (χ1v) is 11.3. The zero-order chi connectivity index (χ0) is 22.4. The van der Waals surface area contributed by atoms with Gasteiger partial charge in [0.1, 0.15) is 0 Å². The first kappa shape index (κ1) is 27.1. The number of hydrogen-bond donors (Lipinski definition) is 0. The third kappa shape index (κ3) is 7.82. The molecule has 0 aromatic carbocycles. The Labute approximate surface area is 182 Å². The van der Waals surface area contributed by atoms with E-state index in [4.69, 9.17) is 0 Å². The van der Waals surface area contributed by atoms with Crippen molar-refractivity contribution in [2.75, 3.05) is 14.1 Å². The topological polar surface area (TPSA) is 3.24 Å². The number of hydrogen-bond acceptors (Lipinski definition) is 1. The Morgan fingerprint density at radius 3 is 2.24 bits per heavy atom. The summed E-state index contributed by atoms with van der Waals surface area (Å²) >= 11 is 0. The lowest BCUT2D eigenvalue weighted by atomic mass is 9.83. The van der Waals surface area contributed by atoms with E-state index in [0.29, 0.717) is 11.5 Å². The summed E-state index contributed by atoms with van der Waals surface area (Å²) in [7, 11) is 4.42. The molecule has 3 rings (SSSR count). The minimum absolute atomic E-state index is 0.325. The molecule has 1 fully saturated rings. The molecule has 3 aliphatic rings. The van der Waals surface area contributed by atoms with Crippen LogP contribution in [0.25, 0.3) is 0 Å². The van der Waals surface area contributed by atoms with Gasteiger partial charge < -0.3 is 4.90 Å². The van der Waals surface area contributed by atoms with Gasteiger partial charge in [-0.05, 0) is 59.2 Å². The third-order valence-corrected chi connectivity index (χ3v) is 5.20. The van der Waals surface area contributed by atoms with Crippen LogP contribution in [0.2, 0.25) is 0 Å². The summed E-state index contributed by atoms with van der Waals surface area (Å²) in [4.78, 5) is 2.39. The maximum atomic E-state index is 3.46. The SMILES string of the molecule is C=C/C=C\C.CC.CC.CC1=CC2CC2(C(C2=CC=C(C)CC=C2)N(C)C)C=C1. The van der Waals surface area contributed by atoms with E-state index in [1.165, 1.54) is 23.1 Å². The van der Waals surface area contributed by atoms with E-state index < -0.39 is 0 Å². The number of likely N-dealkylation sites (N-methyl/N-ethyl adjacent to an activating group) is 1. The Hall–Kier alpha value is -1.86. The van der Waals surface area contributed by atoms with Gasteiger partial charge in [0.2, 0.25) is 0 Å². The van der Waals surface area contributed by atoms with Crippen LogP contribution >= 0.6 is 0 Å². The van der Waals surface area contributed by atoms with Crippen molar-refractivity contribution in [1.29, 1.82) is 0 Å². The average molecular weight is 396 g/mol. The van der Waals surface area contributed by atoms with Gasteiger partial charge in [-0.25, -0.2) is 0 Å². The molecular formula is C28H45N. The highest BCUT2D eigenvalue weighted by Gasteiger charge is 2.58. The standard InChI is InChI=1S/C19H25N.C5H8.2C2H6/c1-14-6-5-7-16(9-8-14)18(20(3)4)19-11-10-15(2)12-17(19)13-19;1-3-5-4-2;2*1-2/h5,7-12,17-18H,6,13H2,1-4H3;3-5H,1H2,2H3;2*1-2H3/b;5-4-;;. The second-order valence-electron chi connectivity index (χ2n) is 7.58. The van der Waals surface area contributed by atoms with E-state index in [1.54, 1.807) is 6.08 Å². The Bertz CT molecular complexity index is 666. The molecule has 3 atom stereocenters. The van der Waals surface area contributed by atoms with Crippen molar-refractivity contribution in [2.45, 2.75) is 67.3 Å². The molecular weight excluding hydrogens is 350 g/mol. The Kier molecular flexibility index (Phi) is 13.3. The van der Waals surface area contributed by atoms with Crippen LogP contribution in [-0.4, -0.2) is 25.0 Å². The molecule has 0 heterocycles. The maximum Gasteiger partial charge on any atom is 0.0438 e. The predicted molar refractivity (Wildman–Crippen MR) is 134 cm³/mol. The average Bonchev–Trinajstić information content (AvgIpc) is 3.47. The van der Waals surface area contributed by atoms with Gasteiger partial charge in [-0.15, -0.1) is 0 Å². The molecule has 0 aromatic rings. The van der Waals surface area contributed by atoms with E-state index in [0.717, 1.165) is 12.3 Å². The maximum absolute atomic E-state index is 3.46. The van der Waals surface area contributed by atoms with Crippen LogP contribution in [-0.2, 0) is 0 Å². The van der Waals surface area contributed by atoms with E-state index in [9.17, 15) is 0 Å². The summed E-state index contributed by atoms with van der Waals surface area (Å²) in [5.74, 6) is 0.725. The molecule has 1 saturated carbocycles. The first-order valence-electron chi connectivity index (χ1n) is 11.3. The van der Waals surface area contributed by atoms with E-state index in [-0.39, 0.29) is 0 Å². The largest absolute Gasteiger partial charge is 0.302 e. The summed E-state index contributed by atoms with van der Waals surface area (Å²) in [5, 5.41) is 0. The highest BCUT2D eigenvalue weighted by molar-refractivity contribution is 5.44. The normalized spacial score (nSPS) is 24.8. The van der Waals surface area contributed by atoms with Gasteiger partial charge in [-0.3, -0.25) is 0 Å². The van der Waals surface area contributed by atoms with Crippen molar-refractivity contribution in [1.82, 2.24) is 4.90 Å². The van der Waals surface area contributed by atoms with E-state index in [2.05, 4.69) is 82.0 Å². The van der Waals surface area contributed by atoms with Gasteiger partial charge in [-0.2, -0.15) is 0 Å². The van der Waals surface area contributed by atoms with Gasteiger partial charge in [0.25, 0.3) is 0 Å². The fraction of sp³-hybridized carbons (Fsp3) is 0.500. The summed E-state index contributed by atoms with van der Waals surface area (Å²) in [5.41, 5.74) is 4.63. The molecule has 0 aliphatic heterocycles. The van der Waals surface area contributed by atoms with Gasteiger partial charge >= 0.3 is 0 Å². The molecule has 1 heteroatoms. The Morgan fingerprint density at radius 1 is 1.10 bits per heavy atom. The predicted octanol–water partition coefficient (Wildman–Crippen LogP) is 8.07. The van der Waals surface area contributed by atoms with Crippen LogP contribution in [0, 0.1) is 11.3 Å². The van der Waals surface area contributed by atoms with Crippen LogP contribution in [0.1, 0.15) is 61.3 Å². The summed E-state index contributed by atoms with van der Waals surface area (Å²) in [6.45, 7) is 17.8. The molecule has 0 saturated heterocycles. The van der Waals surface area contributed by atoms with E-state index in [1.807, 2.05) is 46.8 Å². The third-order valence-electron chi connectivity index (χ3n) is 5.20.